The molecule has 31 heavy (non-hydrogen) atoms. The molecule has 1 aliphatic heterocycles. The minimum absolute atomic E-state index is 0.0396. The highest BCUT2D eigenvalue weighted by Crippen LogP contribution is 2.32. The van der Waals surface area contributed by atoms with E-state index in [-0.39, 0.29) is 5.91 Å². The van der Waals surface area contributed by atoms with Crippen molar-refractivity contribution in [3.63, 3.8) is 0 Å². The van der Waals surface area contributed by atoms with Gasteiger partial charge in [0.15, 0.2) is 17.5 Å². The Hall–Kier alpha value is -2.48. The first-order valence-electron chi connectivity index (χ1n) is 11.5. The fourth-order valence-corrected chi connectivity index (χ4v) is 3.06. The molecule has 8 nitrogen and oxygen atoms in total. The lowest BCUT2D eigenvalue weighted by atomic mass is 10.2. The number of ether oxygens (including phenoxy) is 3. The Balaban J connectivity index is 1.51. The maximum atomic E-state index is 11.9. The third kappa shape index (κ3) is 9.04. The first kappa shape index (κ1) is 23.2. The van der Waals surface area contributed by atoms with Crippen LogP contribution in [0, 0.1) is 5.92 Å². The van der Waals surface area contributed by atoms with Gasteiger partial charge in [-0.15, -0.1) is 0 Å². The topological polar surface area (TPSA) is 93.2 Å². The molecule has 0 unspecified atom stereocenters. The lowest BCUT2D eigenvalue weighted by Crippen LogP contribution is -2.35. The molecular weight excluding hydrogens is 396 g/mol. The maximum Gasteiger partial charge on any atom is 0.221 e. The monoisotopic (exact) mass is 432 g/mol. The molecule has 1 aromatic rings. The first-order chi connectivity index (χ1) is 15.2. The molecule has 172 valence electrons. The Bertz CT molecular complexity index is 722. The van der Waals surface area contributed by atoms with Crippen molar-refractivity contribution in [1.82, 2.24) is 10.6 Å². The van der Waals surface area contributed by atoms with Crippen LogP contribution < -0.4 is 25.4 Å². The summed E-state index contributed by atoms with van der Waals surface area (Å²) in [7, 11) is 0. The molecule has 0 aromatic heterocycles. The van der Waals surface area contributed by atoms with Crippen LogP contribution >= 0.6 is 0 Å². The number of carbonyl (C=O) groups excluding carboxylic acids is 1. The molecule has 8 heteroatoms. The third-order valence-electron chi connectivity index (χ3n) is 4.99. The van der Waals surface area contributed by atoms with Gasteiger partial charge in [-0.1, -0.05) is 6.92 Å². The van der Waals surface area contributed by atoms with Crippen molar-refractivity contribution in [2.45, 2.75) is 45.4 Å². The van der Waals surface area contributed by atoms with Crippen LogP contribution in [0.5, 0.6) is 11.5 Å². The minimum atomic E-state index is 0.0396. The zero-order chi connectivity index (χ0) is 21.7. The number of nitrogens with one attached hydrogen (secondary N) is 3. The van der Waals surface area contributed by atoms with Crippen molar-refractivity contribution in [1.29, 1.82) is 0 Å². The predicted octanol–water partition coefficient (Wildman–Crippen LogP) is 2.94. The molecule has 2 aliphatic rings. The number of nitrogens with zero attached hydrogens (tertiary/aromatic N) is 1. The van der Waals surface area contributed by atoms with E-state index in [1.807, 2.05) is 25.1 Å². The Kier molecular flexibility index (Phi) is 9.76. The summed E-state index contributed by atoms with van der Waals surface area (Å²) >= 11 is 0. The van der Waals surface area contributed by atoms with E-state index in [0.29, 0.717) is 45.2 Å². The maximum absolute atomic E-state index is 11.9. The second kappa shape index (κ2) is 13.0. The van der Waals surface area contributed by atoms with Gasteiger partial charge in [-0.05, 0) is 43.7 Å². The van der Waals surface area contributed by atoms with Gasteiger partial charge in [0.05, 0.1) is 13.2 Å². The summed E-state index contributed by atoms with van der Waals surface area (Å²) in [5.74, 6) is 2.95. The summed E-state index contributed by atoms with van der Waals surface area (Å²) in [6.07, 6.45) is 5.66. The molecule has 1 saturated carbocycles. The van der Waals surface area contributed by atoms with E-state index in [1.165, 1.54) is 12.8 Å². The second-order valence-corrected chi connectivity index (χ2v) is 7.97. The Morgan fingerprint density at radius 2 is 2.00 bits per heavy atom. The molecule has 0 saturated heterocycles. The summed E-state index contributed by atoms with van der Waals surface area (Å²) in [5, 5.41) is 9.46. The van der Waals surface area contributed by atoms with Crippen LogP contribution in [0.3, 0.4) is 0 Å². The summed E-state index contributed by atoms with van der Waals surface area (Å²) in [6, 6.07) is 5.77. The molecule has 0 bridgehead atoms. The van der Waals surface area contributed by atoms with Crippen molar-refractivity contribution in [2.24, 2.45) is 10.9 Å². The summed E-state index contributed by atoms with van der Waals surface area (Å²) in [6.45, 7) is 6.79. The van der Waals surface area contributed by atoms with Crippen molar-refractivity contribution in [3.8, 4) is 11.5 Å². The smallest absolute Gasteiger partial charge is 0.221 e. The standard InChI is InChI=1S/C23H36N4O4/c1-2-10-24-22(28)9-12-26-23(25-11-3-13-29-17-18-5-6-18)27-19-7-8-20-21(16-19)31-15-4-14-30-20/h7-8,16,18H,2-6,9-15,17H2,1H3,(H,24,28)(H2,25,26,27). The zero-order valence-electron chi connectivity index (χ0n) is 18.6. The number of guanidine groups is 1. The molecule has 1 aliphatic carbocycles. The summed E-state index contributed by atoms with van der Waals surface area (Å²) < 4.78 is 17.2. The number of hydrogen-bond donors (Lipinski definition) is 3. The average molecular weight is 433 g/mol. The van der Waals surface area contributed by atoms with Gasteiger partial charge in [0.25, 0.3) is 0 Å². The number of rotatable bonds is 12. The number of carbonyl (C=O) groups is 1. The molecule has 1 aromatic carbocycles. The van der Waals surface area contributed by atoms with E-state index < -0.39 is 0 Å². The lowest BCUT2D eigenvalue weighted by Gasteiger charge is -2.15. The number of benzene rings is 1. The van der Waals surface area contributed by atoms with Crippen LogP contribution in [-0.2, 0) is 9.53 Å². The van der Waals surface area contributed by atoms with Gasteiger partial charge in [0.1, 0.15) is 0 Å². The number of aliphatic imine (C=N–C) groups is 1. The molecule has 3 rings (SSSR count). The van der Waals surface area contributed by atoms with Crippen LogP contribution in [0.15, 0.2) is 23.2 Å². The van der Waals surface area contributed by atoms with Gasteiger partial charge in [0.2, 0.25) is 5.91 Å². The van der Waals surface area contributed by atoms with Gasteiger partial charge < -0.3 is 30.2 Å². The van der Waals surface area contributed by atoms with Crippen LogP contribution in [0.25, 0.3) is 0 Å². The molecule has 0 atom stereocenters. The van der Waals surface area contributed by atoms with Crippen molar-refractivity contribution in [2.75, 3.05) is 51.4 Å². The van der Waals surface area contributed by atoms with Gasteiger partial charge >= 0.3 is 0 Å². The number of anilines is 1. The van der Waals surface area contributed by atoms with Gasteiger partial charge in [-0.2, -0.15) is 0 Å². The Labute approximate surface area is 185 Å². The highest BCUT2D eigenvalue weighted by Gasteiger charge is 2.20. The van der Waals surface area contributed by atoms with Crippen LogP contribution in [0.1, 0.15) is 45.4 Å². The van der Waals surface area contributed by atoms with Crippen LogP contribution in [-0.4, -0.2) is 57.9 Å². The zero-order valence-corrected chi connectivity index (χ0v) is 18.6. The molecular formula is C23H36N4O4. The van der Waals surface area contributed by atoms with E-state index in [0.717, 1.165) is 55.6 Å². The highest BCUT2D eigenvalue weighted by molar-refractivity contribution is 5.94. The Morgan fingerprint density at radius 3 is 2.81 bits per heavy atom. The van der Waals surface area contributed by atoms with Gasteiger partial charge in [-0.3, -0.25) is 9.79 Å². The number of hydrogen-bond acceptors (Lipinski definition) is 5. The minimum Gasteiger partial charge on any atom is -0.490 e. The summed E-state index contributed by atoms with van der Waals surface area (Å²) in [4.78, 5) is 16.5. The van der Waals surface area contributed by atoms with E-state index in [2.05, 4.69) is 20.9 Å². The van der Waals surface area contributed by atoms with E-state index in [1.54, 1.807) is 0 Å². The number of fused-ring (bicyclic) bond motifs is 1. The van der Waals surface area contributed by atoms with Crippen molar-refractivity contribution in [3.05, 3.63) is 18.2 Å². The average Bonchev–Trinajstić information content (AvgIpc) is 3.61. The van der Waals surface area contributed by atoms with E-state index >= 15 is 0 Å². The highest BCUT2D eigenvalue weighted by atomic mass is 16.5. The molecule has 1 amide bonds. The fraction of sp³-hybridized carbons (Fsp3) is 0.652. The summed E-state index contributed by atoms with van der Waals surface area (Å²) in [5.41, 5.74) is 0.857. The van der Waals surface area contributed by atoms with Crippen molar-refractivity contribution < 1.29 is 19.0 Å². The second-order valence-electron chi connectivity index (χ2n) is 7.97. The fourth-order valence-electron chi connectivity index (χ4n) is 3.06. The van der Waals surface area contributed by atoms with E-state index in [4.69, 9.17) is 14.2 Å². The molecule has 1 fully saturated rings. The molecule has 3 N–H and O–H groups in total. The number of amides is 1. The quantitative estimate of drug-likeness (QED) is 0.267. The van der Waals surface area contributed by atoms with Gasteiger partial charge in [0, 0.05) is 57.4 Å². The Morgan fingerprint density at radius 1 is 1.16 bits per heavy atom. The van der Waals surface area contributed by atoms with Crippen LogP contribution in [0.2, 0.25) is 0 Å². The third-order valence-corrected chi connectivity index (χ3v) is 4.99. The van der Waals surface area contributed by atoms with Crippen LogP contribution in [0.4, 0.5) is 5.69 Å². The lowest BCUT2D eigenvalue weighted by molar-refractivity contribution is -0.120. The van der Waals surface area contributed by atoms with Gasteiger partial charge in [-0.25, -0.2) is 0 Å². The molecule has 0 spiro atoms. The predicted molar refractivity (Wildman–Crippen MR) is 122 cm³/mol. The normalized spacial score (nSPS) is 15.8. The molecule has 1 heterocycles. The largest absolute Gasteiger partial charge is 0.490 e. The SMILES string of the molecule is CCCNC(=O)CCNC(=NCCCOCC1CC1)Nc1ccc2c(c1)OCCCO2. The van der Waals surface area contributed by atoms with Crippen molar-refractivity contribution >= 4 is 17.6 Å². The van der Waals surface area contributed by atoms with E-state index in [9.17, 15) is 4.79 Å². The molecule has 0 radical (unpaired) electrons. The first-order valence-corrected chi connectivity index (χ1v) is 11.5.